The first-order valence-electron chi connectivity index (χ1n) is 5.54. The summed E-state index contributed by atoms with van der Waals surface area (Å²) in [7, 11) is 3.55. The van der Waals surface area contributed by atoms with Crippen molar-refractivity contribution in [2.24, 2.45) is 7.05 Å². The summed E-state index contributed by atoms with van der Waals surface area (Å²) in [5, 5.41) is 10.1. The van der Waals surface area contributed by atoms with Crippen molar-refractivity contribution in [3.05, 3.63) is 17.5 Å². The first-order chi connectivity index (χ1) is 7.58. The lowest BCUT2D eigenvalue weighted by Crippen LogP contribution is -2.40. The topological polar surface area (TPSA) is 59.0 Å². The van der Waals surface area contributed by atoms with Gasteiger partial charge in [-0.15, -0.1) is 0 Å². The largest absolute Gasteiger partial charge is 0.358 e. The van der Waals surface area contributed by atoms with Crippen molar-refractivity contribution >= 4 is 5.91 Å². The van der Waals surface area contributed by atoms with Crippen molar-refractivity contribution in [3.63, 3.8) is 0 Å². The molecule has 0 bridgehead atoms. The van der Waals surface area contributed by atoms with Crippen LogP contribution in [0.25, 0.3) is 0 Å². The Morgan fingerprint density at radius 1 is 1.62 bits per heavy atom. The van der Waals surface area contributed by atoms with Crippen LogP contribution in [0.4, 0.5) is 0 Å². The van der Waals surface area contributed by atoms with Gasteiger partial charge in [-0.1, -0.05) is 6.92 Å². The molecule has 0 fully saturated rings. The van der Waals surface area contributed by atoms with Gasteiger partial charge < -0.3 is 10.6 Å². The number of aromatic nitrogens is 2. The molecular weight excluding hydrogens is 204 g/mol. The van der Waals surface area contributed by atoms with E-state index in [-0.39, 0.29) is 11.9 Å². The summed E-state index contributed by atoms with van der Waals surface area (Å²) in [6.07, 6.45) is 2.90. The number of amides is 1. The van der Waals surface area contributed by atoms with Gasteiger partial charge in [-0.2, -0.15) is 5.10 Å². The number of hydrogen-bond donors (Lipinski definition) is 2. The summed E-state index contributed by atoms with van der Waals surface area (Å²) in [6, 6.07) is -0.185. The highest BCUT2D eigenvalue weighted by Gasteiger charge is 2.11. The minimum absolute atomic E-state index is 0.00180. The van der Waals surface area contributed by atoms with Crippen LogP contribution in [0.15, 0.2) is 6.20 Å². The predicted octanol–water partition coefficient (Wildman–Crippen LogP) is 0.207. The van der Waals surface area contributed by atoms with Crippen LogP contribution in [-0.2, 0) is 24.8 Å². The van der Waals surface area contributed by atoms with Gasteiger partial charge in [0, 0.05) is 32.4 Å². The van der Waals surface area contributed by atoms with Gasteiger partial charge in [0.15, 0.2) is 0 Å². The van der Waals surface area contributed by atoms with E-state index in [4.69, 9.17) is 0 Å². The van der Waals surface area contributed by atoms with Gasteiger partial charge >= 0.3 is 0 Å². The SMILES string of the molecule is CCc1nn(C)cc1CNC(C)C(=O)NC. The molecule has 0 saturated heterocycles. The zero-order valence-corrected chi connectivity index (χ0v) is 10.4. The quantitative estimate of drug-likeness (QED) is 0.751. The third kappa shape index (κ3) is 3.06. The number of aryl methyl sites for hydroxylation is 2. The van der Waals surface area contributed by atoms with Crippen LogP contribution in [0.5, 0.6) is 0 Å². The standard InChI is InChI=1S/C11H20N4O/c1-5-10-9(7-15(4)14-10)6-13-8(2)11(16)12-3/h7-8,13H,5-6H2,1-4H3,(H,12,16). The second-order valence-electron chi connectivity index (χ2n) is 3.85. The number of nitrogens with one attached hydrogen (secondary N) is 2. The van der Waals surface area contributed by atoms with E-state index in [2.05, 4.69) is 22.7 Å². The molecule has 0 spiro atoms. The van der Waals surface area contributed by atoms with Gasteiger partial charge in [0.25, 0.3) is 0 Å². The Kier molecular flexibility index (Phi) is 4.49. The van der Waals surface area contributed by atoms with E-state index in [1.54, 1.807) is 11.7 Å². The normalized spacial score (nSPS) is 12.5. The average molecular weight is 224 g/mol. The number of likely N-dealkylation sites (N-methyl/N-ethyl adjacent to an activating group) is 1. The van der Waals surface area contributed by atoms with Crippen LogP contribution in [0.3, 0.4) is 0 Å². The molecule has 0 saturated carbocycles. The number of rotatable bonds is 5. The van der Waals surface area contributed by atoms with Crippen LogP contribution in [0.2, 0.25) is 0 Å². The van der Waals surface area contributed by atoms with Gasteiger partial charge in [-0.25, -0.2) is 0 Å². The summed E-state index contributed by atoms with van der Waals surface area (Å²) < 4.78 is 1.81. The third-order valence-electron chi connectivity index (χ3n) is 2.57. The molecule has 1 aromatic heterocycles. The zero-order chi connectivity index (χ0) is 12.1. The minimum Gasteiger partial charge on any atom is -0.358 e. The Morgan fingerprint density at radius 3 is 2.88 bits per heavy atom. The molecule has 0 aromatic carbocycles. The number of carbonyl (C=O) groups is 1. The van der Waals surface area contributed by atoms with Crippen LogP contribution >= 0.6 is 0 Å². The molecule has 16 heavy (non-hydrogen) atoms. The van der Waals surface area contributed by atoms with Crippen molar-refractivity contribution in [1.29, 1.82) is 0 Å². The van der Waals surface area contributed by atoms with E-state index >= 15 is 0 Å². The van der Waals surface area contributed by atoms with Crippen molar-refractivity contribution in [3.8, 4) is 0 Å². The molecule has 1 heterocycles. The van der Waals surface area contributed by atoms with Gasteiger partial charge in [0.2, 0.25) is 5.91 Å². The van der Waals surface area contributed by atoms with Gasteiger partial charge in [0.05, 0.1) is 11.7 Å². The lowest BCUT2D eigenvalue weighted by Gasteiger charge is -2.11. The fourth-order valence-electron chi connectivity index (χ4n) is 1.60. The van der Waals surface area contributed by atoms with E-state index in [1.165, 1.54) is 0 Å². The fourth-order valence-corrected chi connectivity index (χ4v) is 1.60. The summed E-state index contributed by atoms with van der Waals surface area (Å²) >= 11 is 0. The molecule has 1 unspecified atom stereocenters. The lowest BCUT2D eigenvalue weighted by atomic mass is 10.2. The Morgan fingerprint density at radius 2 is 2.31 bits per heavy atom. The van der Waals surface area contributed by atoms with Crippen molar-refractivity contribution < 1.29 is 4.79 Å². The van der Waals surface area contributed by atoms with E-state index in [0.717, 1.165) is 17.7 Å². The summed E-state index contributed by atoms with van der Waals surface area (Å²) in [5.41, 5.74) is 2.24. The predicted molar refractivity (Wildman–Crippen MR) is 63.0 cm³/mol. The van der Waals surface area contributed by atoms with E-state index in [1.807, 2.05) is 20.2 Å². The summed E-state index contributed by atoms with van der Waals surface area (Å²) in [4.78, 5) is 11.3. The third-order valence-corrected chi connectivity index (χ3v) is 2.57. The average Bonchev–Trinajstić information content (AvgIpc) is 2.65. The molecule has 0 aliphatic rings. The van der Waals surface area contributed by atoms with Crippen molar-refractivity contribution in [1.82, 2.24) is 20.4 Å². The van der Waals surface area contributed by atoms with Crippen molar-refractivity contribution in [2.75, 3.05) is 7.05 Å². The van der Waals surface area contributed by atoms with Gasteiger partial charge in [0.1, 0.15) is 0 Å². The maximum absolute atomic E-state index is 11.3. The highest BCUT2D eigenvalue weighted by molar-refractivity contribution is 5.80. The second kappa shape index (κ2) is 5.65. The summed E-state index contributed by atoms with van der Waals surface area (Å²) in [5.74, 6) is 0.00180. The second-order valence-corrected chi connectivity index (χ2v) is 3.85. The maximum Gasteiger partial charge on any atom is 0.236 e. The monoisotopic (exact) mass is 224 g/mol. The van der Waals surface area contributed by atoms with Gasteiger partial charge in [-0.05, 0) is 13.3 Å². The Labute approximate surface area is 96.2 Å². The maximum atomic E-state index is 11.3. The Balaban J connectivity index is 2.57. The van der Waals surface area contributed by atoms with E-state index < -0.39 is 0 Å². The van der Waals surface area contributed by atoms with Gasteiger partial charge in [-0.3, -0.25) is 9.48 Å². The highest BCUT2D eigenvalue weighted by Crippen LogP contribution is 2.06. The van der Waals surface area contributed by atoms with E-state index in [0.29, 0.717) is 6.54 Å². The summed E-state index contributed by atoms with van der Waals surface area (Å²) in [6.45, 7) is 4.60. The Hall–Kier alpha value is -1.36. The fraction of sp³-hybridized carbons (Fsp3) is 0.636. The van der Waals surface area contributed by atoms with E-state index in [9.17, 15) is 4.79 Å². The Bertz CT molecular complexity index is 359. The van der Waals surface area contributed by atoms with Crippen molar-refractivity contribution in [2.45, 2.75) is 32.9 Å². The molecule has 1 aromatic rings. The molecular formula is C11H20N4O. The molecule has 0 aliphatic carbocycles. The van der Waals surface area contributed by atoms with Crippen LogP contribution in [0.1, 0.15) is 25.1 Å². The minimum atomic E-state index is -0.185. The first kappa shape index (κ1) is 12.7. The molecule has 5 nitrogen and oxygen atoms in total. The highest BCUT2D eigenvalue weighted by atomic mass is 16.2. The first-order valence-corrected chi connectivity index (χ1v) is 5.54. The lowest BCUT2D eigenvalue weighted by molar-refractivity contribution is -0.122. The molecule has 2 N–H and O–H groups in total. The molecule has 1 atom stereocenters. The number of nitrogens with zero attached hydrogens (tertiary/aromatic N) is 2. The number of hydrogen-bond acceptors (Lipinski definition) is 3. The molecule has 90 valence electrons. The molecule has 1 amide bonds. The zero-order valence-electron chi connectivity index (χ0n) is 10.4. The molecule has 1 rings (SSSR count). The van der Waals surface area contributed by atoms with Crippen LogP contribution in [0, 0.1) is 0 Å². The molecule has 0 aliphatic heterocycles. The molecule has 5 heteroatoms. The van der Waals surface area contributed by atoms with Crippen LogP contribution in [-0.4, -0.2) is 28.8 Å². The smallest absolute Gasteiger partial charge is 0.236 e. The number of carbonyl (C=O) groups excluding carboxylic acids is 1. The van der Waals surface area contributed by atoms with Crippen LogP contribution < -0.4 is 10.6 Å². The molecule has 0 radical (unpaired) electrons.